The molecule has 0 fully saturated rings. The molecule has 0 aromatic carbocycles. The van der Waals surface area contributed by atoms with E-state index < -0.39 is 11.9 Å². The average molecular weight is 537 g/mol. The van der Waals surface area contributed by atoms with Gasteiger partial charge in [0.1, 0.15) is 0 Å². The van der Waals surface area contributed by atoms with Crippen LogP contribution >= 0.6 is 0 Å². The Labute approximate surface area is 237 Å². The Morgan fingerprint density at radius 1 is 0.368 bits per heavy atom. The molecule has 0 N–H and O–H groups in total. The predicted molar refractivity (Wildman–Crippen MR) is 162 cm³/mol. The Morgan fingerprint density at radius 3 is 0.816 bits per heavy atom. The van der Waals surface area contributed by atoms with Crippen molar-refractivity contribution in [2.24, 2.45) is 0 Å². The van der Waals surface area contributed by atoms with Gasteiger partial charge in [-0.2, -0.15) is 0 Å². The summed E-state index contributed by atoms with van der Waals surface area (Å²) in [5.41, 5.74) is 0. The highest BCUT2D eigenvalue weighted by atomic mass is 16.5. The average Bonchev–Trinajstić information content (AvgIpc) is 2.92. The van der Waals surface area contributed by atoms with Gasteiger partial charge >= 0.3 is 11.9 Å². The molecule has 0 bridgehead atoms. The molecule has 0 spiro atoms. The standard InChI is InChI=1S/C34H64O4/c1-3-5-7-9-11-13-15-17-19-21-23-25-27-31-37-33(35)29-30-34(36)38-32-28-26-24-22-20-18-16-14-12-10-8-6-4-2/h29-30H,3-28,31-32H2,1-2H3/b30-29-. The molecule has 0 saturated carbocycles. The van der Waals surface area contributed by atoms with E-state index in [2.05, 4.69) is 13.8 Å². The third-order valence-electron chi connectivity index (χ3n) is 7.34. The van der Waals surface area contributed by atoms with Crippen molar-refractivity contribution in [2.75, 3.05) is 13.2 Å². The van der Waals surface area contributed by atoms with Crippen LogP contribution in [0.3, 0.4) is 0 Å². The fourth-order valence-corrected chi connectivity index (χ4v) is 4.82. The third kappa shape index (κ3) is 30.9. The van der Waals surface area contributed by atoms with Gasteiger partial charge in [0.15, 0.2) is 0 Å². The second-order valence-electron chi connectivity index (χ2n) is 11.2. The Morgan fingerprint density at radius 2 is 0.579 bits per heavy atom. The van der Waals surface area contributed by atoms with Crippen LogP contribution in [0.4, 0.5) is 0 Å². The smallest absolute Gasteiger partial charge is 0.331 e. The normalized spacial score (nSPS) is 11.3. The van der Waals surface area contributed by atoms with Gasteiger partial charge in [0.05, 0.1) is 13.2 Å². The molecule has 0 atom stereocenters. The molecule has 0 saturated heterocycles. The molecule has 0 radical (unpaired) electrons. The minimum atomic E-state index is -0.457. The van der Waals surface area contributed by atoms with Crippen molar-refractivity contribution < 1.29 is 19.1 Å². The largest absolute Gasteiger partial charge is 0.463 e. The van der Waals surface area contributed by atoms with Crippen molar-refractivity contribution in [3.63, 3.8) is 0 Å². The van der Waals surface area contributed by atoms with Crippen molar-refractivity contribution >= 4 is 11.9 Å². The molecule has 0 unspecified atom stereocenters. The molecule has 4 heteroatoms. The molecule has 38 heavy (non-hydrogen) atoms. The maximum absolute atomic E-state index is 11.8. The molecule has 0 amide bonds. The molecular formula is C34H64O4. The van der Waals surface area contributed by atoms with Crippen LogP contribution < -0.4 is 0 Å². The zero-order valence-electron chi connectivity index (χ0n) is 25.6. The summed E-state index contributed by atoms with van der Waals surface area (Å²) < 4.78 is 10.4. The van der Waals surface area contributed by atoms with Crippen LogP contribution in [0, 0.1) is 0 Å². The summed E-state index contributed by atoms with van der Waals surface area (Å²) >= 11 is 0. The SMILES string of the molecule is CCCCCCCCCCCCCCCOC(=O)/C=C\C(=O)OCCCCCCCCCCCCCCC. The van der Waals surface area contributed by atoms with Gasteiger partial charge in [0.25, 0.3) is 0 Å². The number of carbonyl (C=O) groups is 2. The summed E-state index contributed by atoms with van der Waals surface area (Å²) in [6.45, 7) is 5.38. The molecule has 4 nitrogen and oxygen atoms in total. The lowest BCUT2D eigenvalue weighted by Crippen LogP contribution is -2.06. The monoisotopic (exact) mass is 536 g/mol. The highest BCUT2D eigenvalue weighted by molar-refractivity contribution is 5.91. The topological polar surface area (TPSA) is 52.6 Å². The number of rotatable bonds is 30. The van der Waals surface area contributed by atoms with E-state index in [0.717, 1.165) is 25.7 Å². The first-order valence-corrected chi connectivity index (χ1v) is 16.7. The fraction of sp³-hybridized carbons (Fsp3) is 0.882. The second kappa shape index (κ2) is 31.9. The third-order valence-corrected chi connectivity index (χ3v) is 7.34. The Hall–Kier alpha value is -1.32. The number of unbranched alkanes of at least 4 members (excludes halogenated alkanes) is 24. The van der Waals surface area contributed by atoms with Crippen molar-refractivity contribution in [1.29, 1.82) is 0 Å². The van der Waals surface area contributed by atoms with Crippen molar-refractivity contribution in [1.82, 2.24) is 0 Å². The first kappa shape index (κ1) is 36.7. The minimum Gasteiger partial charge on any atom is -0.463 e. The molecule has 224 valence electrons. The quantitative estimate of drug-likeness (QED) is 0.0520. The van der Waals surface area contributed by atoms with E-state index in [-0.39, 0.29) is 0 Å². The van der Waals surface area contributed by atoms with Crippen molar-refractivity contribution in [2.45, 2.75) is 181 Å². The second-order valence-corrected chi connectivity index (χ2v) is 11.2. The Balaban J connectivity index is 3.35. The highest BCUT2D eigenvalue weighted by Crippen LogP contribution is 2.13. The lowest BCUT2D eigenvalue weighted by Gasteiger charge is -2.04. The van der Waals surface area contributed by atoms with Crippen molar-refractivity contribution in [3.8, 4) is 0 Å². The predicted octanol–water partition coefficient (Wildman–Crippen LogP) is 10.8. The Bertz CT molecular complexity index is 483. The summed E-state index contributed by atoms with van der Waals surface area (Å²) in [6.07, 6.45) is 36.0. The number of ether oxygens (including phenoxy) is 2. The van der Waals surface area contributed by atoms with E-state index in [4.69, 9.17) is 9.47 Å². The minimum absolute atomic E-state index is 0.426. The first-order chi connectivity index (χ1) is 18.7. The van der Waals surface area contributed by atoms with Crippen LogP contribution in [-0.2, 0) is 19.1 Å². The Kier molecular flexibility index (Phi) is 30.8. The van der Waals surface area contributed by atoms with E-state index in [0.29, 0.717) is 13.2 Å². The first-order valence-electron chi connectivity index (χ1n) is 16.7. The van der Waals surface area contributed by atoms with Gasteiger partial charge in [-0.1, -0.05) is 168 Å². The van der Waals surface area contributed by atoms with Gasteiger partial charge in [0.2, 0.25) is 0 Å². The fourth-order valence-electron chi connectivity index (χ4n) is 4.82. The number of carbonyl (C=O) groups excluding carboxylic acids is 2. The van der Waals surface area contributed by atoms with Crippen molar-refractivity contribution in [3.05, 3.63) is 12.2 Å². The zero-order valence-corrected chi connectivity index (χ0v) is 25.6. The van der Waals surface area contributed by atoms with Gasteiger partial charge in [-0.05, 0) is 12.8 Å². The van der Waals surface area contributed by atoms with E-state index in [1.807, 2.05) is 0 Å². The molecule has 0 heterocycles. The van der Waals surface area contributed by atoms with E-state index in [9.17, 15) is 9.59 Å². The molecule has 0 rings (SSSR count). The lowest BCUT2D eigenvalue weighted by molar-refractivity contribution is -0.140. The molecular weight excluding hydrogens is 472 g/mol. The van der Waals surface area contributed by atoms with Crippen LogP contribution in [0.25, 0.3) is 0 Å². The summed E-state index contributed by atoms with van der Waals surface area (Å²) in [5, 5.41) is 0. The molecule has 0 aliphatic carbocycles. The lowest BCUT2D eigenvalue weighted by atomic mass is 10.0. The van der Waals surface area contributed by atoms with Crippen LogP contribution in [0.5, 0.6) is 0 Å². The zero-order chi connectivity index (χ0) is 27.8. The van der Waals surface area contributed by atoms with Gasteiger partial charge in [-0.3, -0.25) is 0 Å². The van der Waals surface area contributed by atoms with Gasteiger partial charge in [-0.15, -0.1) is 0 Å². The van der Waals surface area contributed by atoms with Gasteiger partial charge < -0.3 is 9.47 Å². The highest BCUT2D eigenvalue weighted by Gasteiger charge is 2.02. The van der Waals surface area contributed by atoms with E-state index in [1.165, 1.54) is 153 Å². The summed E-state index contributed by atoms with van der Waals surface area (Å²) in [5.74, 6) is -0.913. The molecule has 0 aromatic rings. The van der Waals surface area contributed by atoms with Crippen LogP contribution in [0.1, 0.15) is 181 Å². The molecule has 0 aliphatic heterocycles. The molecule has 0 aromatic heterocycles. The van der Waals surface area contributed by atoms with E-state index >= 15 is 0 Å². The van der Waals surface area contributed by atoms with Crippen LogP contribution in [-0.4, -0.2) is 25.2 Å². The van der Waals surface area contributed by atoms with Crippen LogP contribution in [0.2, 0.25) is 0 Å². The van der Waals surface area contributed by atoms with Gasteiger partial charge in [-0.25, -0.2) is 9.59 Å². The molecule has 0 aliphatic rings. The van der Waals surface area contributed by atoms with Gasteiger partial charge in [0, 0.05) is 12.2 Å². The summed E-state index contributed by atoms with van der Waals surface area (Å²) in [4.78, 5) is 23.5. The van der Waals surface area contributed by atoms with E-state index in [1.54, 1.807) is 0 Å². The number of esters is 2. The summed E-state index contributed by atoms with van der Waals surface area (Å²) in [7, 11) is 0. The summed E-state index contributed by atoms with van der Waals surface area (Å²) in [6, 6.07) is 0. The van der Waals surface area contributed by atoms with Crippen LogP contribution in [0.15, 0.2) is 12.2 Å². The number of hydrogen-bond acceptors (Lipinski definition) is 4. The number of hydrogen-bond donors (Lipinski definition) is 0. The maximum atomic E-state index is 11.8. The maximum Gasteiger partial charge on any atom is 0.331 e.